The summed E-state index contributed by atoms with van der Waals surface area (Å²) in [7, 11) is 0. The Morgan fingerprint density at radius 3 is 2.42 bits per heavy atom. The molecule has 0 unspecified atom stereocenters. The molecule has 19 heavy (non-hydrogen) atoms. The lowest BCUT2D eigenvalue weighted by Gasteiger charge is -2.40. The van der Waals surface area contributed by atoms with Crippen LogP contribution in [0.15, 0.2) is 24.3 Å². The first-order chi connectivity index (χ1) is 8.80. The molecule has 4 nitrogen and oxygen atoms in total. The molecule has 2 rings (SSSR count). The van der Waals surface area contributed by atoms with Gasteiger partial charge in [0.05, 0.1) is 12.6 Å². The SMILES string of the molecule is C[C@@H](c1ccc(F)cc1)N1CC(C)(C)OC(=O)C1=O. The molecule has 1 fully saturated rings. The van der Waals surface area contributed by atoms with E-state index in [1.807, 2.05) is 0 Å². The molecular weight excluding hydrogens is 249 g/mol. The lowest BCUT2D eigenvalue weighted by molar-refractivity contribution is -0.182. The quantitative estimate of drug-likeness (QED) is 0.607. The first kappa shape index (κ1) is 13.5. The lowest BCUT2D eigenvalue weighted by Crippen LogP contribution is -2.54. The monoisotopic (exact) mass is 265 g/mol. The van der Waals surface area contributed by atoms with Crippen molar-refractivity contribution in [2.45, 2.75) is 32.4 Å². The molecule has 1 amide bonds. The molecule has 1 aromatic carbocycles. The summed E-state index contributed by atoms with van der Waals surface area (Å²) in [5.74, 6) is -1.83. The third-order valence-corrected chi connectivity index (χ3v) is 3.18. The summed E-state index contributed by atoms with van der Waals surface area (Å²) in [5, 5.41) is 0. The smallest absolute Gasteiger partial charge is 0.397 e. The highest BCUT2D eigenvalue weighted by Crippen LogP contribution is 2.27. The Labute approximate surface area is 111 Å². The highest BCUT2D eigenvalue weighted by molar-refractivity contribution is 6.33. The van der Waals surface area contributed by atoms with E-state index in [2.05, 4.69) is 0 Å². The van der Waals surface area contributed by atoms with E-state index in [9.17, 15) is 14.0 Å². The first-order valence-electron chi connectivity index (χ1n) is 6.09. The maximum absolute atomic E-state index is 12.9. The molecule has 5 heteroatoms. The van der Waals surface area contributed by atoms with Gasteiger partial charge in [-0.25, -0.2) is 9.18 Å². The van der Waals surface area contributed by atoms with Crippen LogP contribution in [0.5, 0.6) is 0 Å². The minimum atomic E-state index is -0.842. The zero-order valence-electron chi connectivity index (χ0n) is 11.1. The van der Waals surface area contributed by atoms with E-state index in [1.54, 1.807) is 32.9 Å². The van der Waals surface area contributed by atoms with Crippen molar-refractivity contribution in [1.29, 1.82) is 0 Å². The van der Waals surface area contributed by atoms with Crippen LogP contribution in [-0.4, -0.2) is 28.9 Å². The van der Waals surface area contributed by atoms with Crippen molar-refractivity contribution < 1.29 is 18.7 Å². The number of benzene rings is 1. The van der Waals surface area contributed by atoms with E-state index in [-0.39, 0.29) is 11.9 Å². The third-order valence-electron chi connectivity index (χ3n) is 3.18. The summed E-state index contributed by atoms with van der Waals surface area (Å²) in [6.07, 6.45) is 0. The number of ether oxygens (including phenoxy) is 1. The van der Waals surface area contributed by atoms with Crippen molar-refractivity contribution in [3.05, 3.63) is 35.6 Å². The van der Waals surface area contributed by atoms with Crippen molar-refractivity contribution >= 4 is 11.9 Å². The van der Waals surface area contributed by atoms with Crippen molar-refractivity contribution in [3.8, 4) is 0 Å². The Kier molecular flexibility index (Phi) is 3.30. The molecule has 1 saturated heterocycles. The summed E-state index contributed by atoms with van der Waals surface area (Å²) in [5.41, 5.74) is 0.0690. The van der Waals surface area contributed by atoms with Crippen molar-refractivity contribution in [2.24, 2.45) is 0 Å². The summed E-state index contributed by atoms with van der Waals surface area (Å²) < 4.78 is 17.9. The average molecular weight is 265 g/mol. The topological polar surface area (TPSA) is 46.6 Å². The first-order valence-corrected chi connectivity index (χ1v) is 6.09. The van der Waals surface area contributed by atoms with Gasteiger partial charge in [0.15, 0.2) is 0 Å². The van der Waals surface area contributed by atoms with Crippen LogP contribution in [0.2, 0.25) is 0 Å². The van der Waals surface area contributed by atoms with E-state index in [4.69, 9.17) is 4.74 Å². The summed E-state index contributed by atoms with van der Waals surface area (Å²) in [6, 6.07) is 5.59. The normalized spacial score (nSPS) is 20.1. The Bertz CT molecular complexity index is 510. The van der Waals surface area contributed by atoms with Crippen LogP contribution >= 0.6 is 0 Å². The molecule has 0 spiro atoms. The predicted octanol–water partition coefficient (Wildman–Crippen LogP) is 2.05. The van der Waals surface area contributed by atoms with Crippen LogP contribution in [0.1, 0.15) is 32.4 Å². The Morgan fingerprint density at radius 1 is 1.26 bits per heavy atom. The molecule has 1 heterocycles. The largest absolute Gasteiger partial charge is 0.451 e. The minimum Gasteiger partial charge on any atom is -0.451 e. The summed E-state index contributed by atoms with van der Waals surface area (Å²) >= 11 is 0. The second-order valence-corrected chi connectivity index (χ2v) is 5.31. The Morgan fingerprint density at radius 2 is 1.84 bits per heavy atom. The number of rotatable bonds is 2. The van der Waals surface area contributed by atoms with Gasteiger partial charge in [0.2, 0.25) is 0 Å². The molecule has 0 saturated carbocycles. The molecule has 1 aliphatic heterocycles. The van der Waals surface area contributed by atoms with Gasteiger partial charge in [-0.15, -0.1) is 0 Å². The number of hydrogen-bond donors (Lipinski definition) is 0. The molecule has 1 aromatic rings. The van der Waals surface area contributed by atoms with Crippen molar-refractivity contribution in [3.63, 3.8) is 0 Å². The van der Waals surface area contributed by atoms with Crippen LogP contribution in [0.4, 0.5) is 4.39 Å². The second kappa shape index (κ2) is 4.64. The maximum atomic E-state index is 12.9. The fraction of sp³-hybridized carbons (Fsp3) is 0.429. The zero-order valence-corrected chi connectivity index (χ0v) is 11.1. The number of esters is 1. The van der Waals surface area contributed by atoms with Gasteiger partial charge in [-0.1, -0.05) is 12.1 Å². The number of hydrogen-bond acceptors (Lipinski definition) is 3. The molecule has 0 aromatic heterocycles. The van der Waals surface area contributed by atoms with E-state index in [0.29, 0.717) is 6.54 Å². The number of nitrogens with zero attached hydrogens (tertiary/aromatic N) is 1. The summed E-state index contributed by atoms with van der Waals surface area (Å²) in [4.78, 5) is 24.9. The third kappa shape index (κ3) is 2.75. The molecule has 1 aliphatic rings. The summed E-state index contributed by atoms with van der Waals surface area (Å²) in [6.45, 7) is 5.62. The standard InChI is InChI=1S/C14H16FNO3/c1-9(10-4-6-11(15)7-5-10)16-8-14(2,3)19-13(18)12(16)17/h4-7,9H,8H2,1-3H3/t9-/m0/s1. The molecule has 0 bridgehead atoms. The number of amides is 1. The van der Waals surface area contributed by atoms with Crippen LogP contribution in [0.25, 0.3) is 0 Å². The lowest BCUT2D eigenvalue weighted by atomic mass is 10.0. The zero-order chi connectivity index (χ0) is 14.2. The van der Waals surface area contributed by atoms with E-state index < -0.39 is 17.5 Å². The van der Waals surface area contributed by atoms with Crippen LogP contribution in [-0.2, 0) is 14.3 Å². The van der Waals surface area contributed by atoms with E-state index >= 15 is 0 Å². The van der Waals surface area contributed by atoms with Crippen molar-refractivity contribution in [1.82, 2.24) is 4.90 Å². The van der Waals surface area contributed by atoms with E-state index in [0.717, 1.165) is 5.56 Å². The minimum absolute atomic E-state index is 0.305. The Hall–Kier alpha value is -1.91. The van der Waals surface area contributed by atoms with Gasteiger partial charge in [0.25, 0.3) is 0 Å². The fourth-order valence-corrected chi connectivity index (χ4v) is 2.16. The highest BCUT2D eigenvalue weighted by atomic mass is 19.1. The van der Waals surface area contributed by atoms with E-state index in [1.165, 1.54) is 17.0 Å². The molecular formula is C14H16FNO3. The van der Waals surface area contributed by atoms with Crippen LogP contribution in [0.3, 0.4) is 0 Å². The van der Waals surface area contributed by atoms with Gasteiger partial charge >= 0.3 is 11.9 Å². The van der Waals surface area contributed by atoms with Gasteiger partial charge in [-0.05, 0) is 38.5 Å². The van der Waals surface area contributed by atoms with Crippen LogP contribution < -0.4 is 0 Å². The number of carbonyl (C=O) groups is 2. The maximum Gasteiger partial charge on any atom is 0.397 e. The van der Waals surface area contributed by atoms with Crippen molar-refractivity contribution in [2.75, 3.05) is 6.54 Å². The fourth-order valence-electron chi connectivity index (χ4n) is 2.16. The van der Waals surface area contributed by atoms with Gasteiger partial charge in [-0.2, -0.15) is 0 Å². The molecule has 0 aliphatic carbocycles. The number of cyclic esters (lactones) is 1. The molecule has 1 atom stereocenters. The van der Waals surface area contributed by atoms with Gasteiger partial charge in [0.1, 0.15) is 11.4 Å². The highest BCUT2D eigenvalue weighted by Gasteiger charge is 2.41. The Balaban J connectivity index is 2.26. The van der Waals surface area contributed by atoms with Gasteiger partial charge in [-0.3, -0.25) is 4.79 Å². The van der Waals surface area contributed by atoms with Gasteiger partial charge < -0.3 is 9.64 Å². The number of halogens is 1. The number of carbonyl (C=O) groups excluding carboxylic acids is 2. The van der Waals surface area contributed by atoms with Gasteiger partial charge in [0, 0.05) is 0 Å². The molecule has 0 N–H and O–H groups in total. The average Bonchev–Trinajstić information content (AvgIpc) is 2.33. The second-order valence-electron chi connectivity index (χ2n) is 5.31. The number of morpholine rings is 1. The van der Waals surface area contributed by atoms with Crippen LogP contribution in [0, 0.1) is 5.82 Å². The molecule has 0 radical (unpaired) electrons. The molecule has 102 valence electrons. The predicted molar refractivity (Wildman–Crippen MR) is 66.7 cm³/mol.